The Balaban J connectivity index is -0.0000000800. The van der Waals surface area contributed by atoms with E-state index in [2.05, 4.69) is 0 Å². The van der Waals surface area contributed by atoms with Gasteiger partial charge in [0.15, 0.2) is 0 Å². The van der Waals surface area contributed by atoms with Crippen LogP contribution in [0.4, 0.5) is 13.2 Å². The quantitative estimate of drug-likeness (QED) is 0.337. The Morgan fingerprint density at radius 3 is 1.14 bits per heavy atom. The summed E-state index contributed by atoms with van der Waals surface area (Å²) in [6.45, 7) is 1.77. The van der Waals surface area contributed by atoms with Crippen molar-refractivity contribution in [3.8, 4) is 0 Å². The molecule has 0 amide bonds. The van der Waals surface area contributed by atoms with Gasteiger partial charge in [0.05, 0.1) is 0 Å². The number of halogens is 3. The fourth-order valence-electron chi connectivity index (χ4n) is 0. The molecule has 0 aliphatic carbocycles. The molecule has 0 N–H and O–H groups in total. The molecule has 0 saturated heterocycles. The van der Waals surface area contributed by atoms with Crippen LogP contribution in [0.25, 0.3) is 0 Å². The fourth-order valence-corrected chi connectivity index (χ4v) is 0. The summed E-state index contributed by atoms with van der Waals surface area (Å²) in [6, 6.07) is 0. The number of rotatable bonds is 0. The van der Waals surface area contributed by atoms with Gasteiger partial charge in [-0.3, -0.25) is 0 Å². The van der Waals surface area contributed by atoms with Crippen molar-refractivity contribution < 1.29 is 13.2 Å². The van der Waals surface area contributed by atoms with E-state index in [9.17, 15) is 13.2 Å². The first kappa shape index (κ1) is 15.6. The average molecular weight is 122 g/mol. The van der Waals surface area contributed by atoms with Crippen LogP contribution in [0.5, 0.6) is 0 Å². The summed E-state index contributed by atoms with van der Waals surface area (Å²) in [5, 5.41) is 0. The van der Waals surface area contributed by atoms with Gasteiger partial charge in [0, 0.05) is 0 Å². The molecule has 0 atom stereocenters. The molecule has 0 nitrogen and oxygen atoms in total. The van der Waals surface area contributed by atoms with Crippen LogP contribution in [-0.2, 0) is 0 Å². The maximum Gasteiger partial charge on any atom is 2.00 e. The van der Waals surface area contributed by atoms with E-state index >= 15 is 0 Å². The van der Waals surface area contributed by atoms with Gasteiger partial charge < -0.3 is 7.43 Å². The van der Waals surface area contributed by atoms with Crippen LogP contribution >= 0.6 is 0 Å². The molecular weight excluding hydrogens is 117 g/mol. The smallest absolute Gasteiger partial charge is 0.358 e. The molecule has 0 saturated carbocycles. The van der Waals surface area contributed by atoms with Gasteiger partial charge in [0.1, 0.15) is 0 Å². The van der Waals surface area contributed by atoms with Gasteiger partial charge in [0.2, 0.25) is 0 Å². The molecule has 0 heterocycles. The van der Waals surface area contributed by atoms with Crippen molar-refractivity contribution in [2.45, 2.75) is 6.18 Å². The third-order valence-corrected chi connectivity index (χ3v) is 0. The molecular formula is C3H5F3Mg. The van der Waals surface area contributed by atoms with Gasteiger partial charge in [-0.15, -0.1) is 0 Å². The van der Waals surface area contributed by atoms with E-state index in [-0.39, 0.29) is 30.5 Å². The Bertz CT molecular complexity index is 25.7. The summed E-state index contributed by atoms with van der Waals surface area (Å²) < 4.78 is 30.7. The second kappa shape index (κ2) is 4.71. The molecule has 7 heavy (non-hydrogen) atoms. The molecule has 0 aliphatic heterocycles. The predicted molar refractivity (Wildman–Crippen MR) is 23.6 cm³/mol. The summed E-state index contributed by atoms with van der Waals surface area (Å²) in [6.07, 6.45) is -4.25. The summed E-state index contributed by atoms with van der Waals surface area (Å²) in [7, 11) is 0. The molecule has 0 rings (SSSR count). The SMILES string of the molecule is [CH2-]C(F)(F)F.[CH3-].[Mg+2]. The van der Waals surface area contributed by atoms with E-state index in [0.717, 1.165) is 0 Å². The van der Waals surface area contributed by atoms with Crippen molar-refractivity contribution >= 4 is 23.1 Å². The largest absolute Gasteiger partial charge is 2.00 e. The normalized spacial score (nSPS) is 8.57. The van der Waals surface area contributed by atoms with E-state index in [0.29, 0.717) is 0 Å². The zero-order chi connectivity index (χ0) is 4.50. The molecule has 0 aromatic heterocycles. The second-order valence-electron chi connectivity index (χ2n) is 0.615. The molecule has 40 valence electrons. The second-order valence-corrected chi connectivity index (χ2v) is 0.615. The molecule has 0 aromatic rings. The molecule has 4 heteroatoms. The minimum Gasteiger partial charge on any atom is -0.358 e. The standard InChI is InChI=1S/C2H2F3.CH3.Mg/c1-2(3,4)5;;/h1H2;1H3;/q2*-1;+2. The average Bonchev–Trinajstić information content (AvgIpc) is 0.722. The topological polar surface area (TPSA) is 0 Å². The zero-order valence-corrected chi connectivity index (χ0v) is 5.46. The Morgan fingerprint density at radius 2 is 1.14 bits per heavy atom. The van der Waals surface area contributed by atoms with Gasteiger partial charge in [0.25, 0.3) is 6.18 Å². The monoisotopic (exact) mass is 122 g/mol. The molecule has 0 radical (unpaired) electrons. The number of hydrogen-bond donors (Lipinski definition) is 0. The van der Waals surface area contributed by atoms with Gasteiger partial charge in [-0.05, 0) is 0 Å². The van der Waals surface area contributed by atoms with E-state index in [1.807, 2.05) is 0 Å². The first-order valence-electron chi connectivity index (χ1n) is 0.921. The van der Waals surface area contributed by atoms with Crippen LogP contribution in [0.1, 0.15) is 0 Å². The summed E-state index contributed by atoms with van der Waals surface area (Å²) in [5.41, 5.74) is 0. The maximum absolute atomic E-state index is 10.2. The van der Waals surface area contributed by atoms with E-state index in [1.54, 1.807) is 6.92 Å². The van der Waals surface area contributed by atoms with Gasteiger partial charge >= 0.3 is 23.1 Å². The Kier molecular flexibility index (Phi) is 10.5. The zero-order valence-electron chi connectivity index (χ0n) is 4.05. The third kappa shape index (κ3) is 440. The molecule has 0 fully saturated rings. The van der Waals surface area contributed by atoms with E-state index in [4.69, 9.17) is 0 Å². The van der Waals surface area contributed by atoms with Crippen molar-refractivity contribution in [2.24, 2.45) is 0 Å². The predicted octanol–water partition coefficient (Wildman–Crippen LogP) is 1.45. The van der Waals surface area contributed by atoms with Crippen molar-refractivity contribution in [2.75, 3.05) is 0 Å². The Hall–Kier alpha value is 0.556. The first-order chi connectivity index (χ1) is 2.00. The van der Waals surface area contributed by atoms with E-state index in [1.165, 1.54) is 0 Å². The fraction of sp³-hybridized carbons (Fsp3) is 0.333. The van der Waals surface area contributed by atoms with Crippen LogP contribution in [0.3, 0.4) is 0 Å². The summed E-state index contributed by atoms with van der Waals surface area (Å²) in [5.74, 6) is 0. The summed E-state index contributed by atoms with van der Waals surface area (Å²) >= 11 is 0. The van der Waals surface area contributed by atoms with Crippen LogP contribution < -0.4 is 0 Å². The molecule has 0 unspecified atom stereocenters. The first-order valence-corrected chi connectivity index (χ1v) is 0.921. The Morgan fingerprint density at radius 1 is 1.14 bits per heavy atom. The maximum atomic E-state index is 10.2. The van der Waals surface area contributed by atoms with Crippen LogP contribution in [0.15, 0.2) is 0 Å². The van der Waals surface area contributed by atoms with Gasteiger partial charge in [-0.25, -0.2) is 20.1 Å². The third-order valence-electron chi connectivity index (χ3n) is 0. The van der Waals surface area contributed by atoms with Crippen molar-refractivity contribution in [3.05, 3.63) is 14.4 Å². The van der Waals surface area contributed by atoms with Crippen molar-refractivity contribution in [1.82, 2.24) is 0 Å². The minimum absolute atomic E-state index is 0. The van der Waals surface area contributed by atoms with Gasteiger partial charge in [-0.1, -0.05) is 0 Å². The molecule has 0 spiro atoms. The van der Waals surface area contributed by atoms with Crippen LogP contribution in [0.2, 0.25) is 0 Å². The number of hydrogen-bond acceptors (Lipinski definition) is 0. The van der Waals surface area contributed by atoms with Crippen LogP contribution in [0, 0.1) is 14.4 Å². The molecule has 0 bridgehead atoms. The van der Waals surface area contributed by atoms with Crippen molar-refractivity contribution in [3.63, 3.8) is 0 Å². The minimum atomic E-state index is -4.25. The van der Waals surface area contributed by atoms with Crippen molar-refractivity contribution in [1.29, 1.82) is 0 Å². The van der Waals surface area contributed by atoms with Crippen LogP contribution in [-0.4, -0.2) is 29.2 Å². The molecule has 0 aromatic carbocycles. The van der Waals surface area contributed by atoms with E-state index < -0.39 is 6.18 Å². The summed E-state index contributed by atoms with van der Waals surface area (Å²) in [4.78, 5) is 0. The molecule has 0 aliphatic rings. The number of alkyl halides is 3. The Labute approximate surface area is 57.2 Å². The van der Waals surface area contributed by atoms with Gasteiger partial charge in [-0.2, -0.15) is 0 Å².